The molecule has 3 aliphatic carbocycles. The van der Waals surface area contributed by atoms with Gasteiger partial charge in [0.25, 0.3) is 5.70 Å². The van der Waals surface area contributed by atoms with Crippen molar-refractivity contribution in [3.8, 4) is 6.07 Å². The van der Waals surface area contributed by atoms with E-state index in [1.165, 1.54) is 75.4 Å². The summed E-state index contributed by atoms with van der Waals surface area (Å²) in [5, 5.41) is 9.95. The Morgan fingerprint density at radius 3 is 1.92 bits per heavy atom. The summed E-state index contributed by atoms with van der Waals surface area (Å²) in [4.78, 5) is 6.37. The van der Waals surface area contributed by atoms with Crippen molar-refractivity contribution in [2.24, 2.45) is 10.8 Å². The summed E-state index contributed by atoms with van der Waals surface area (Å²) in [6, 6.07) is 9.80. The van der Waals surface area contributed by atoms with Crippen LogP contribution in [0.1, 0.15) is 115 Å². The zero-order valence-corrected chi connectivity index (χ0v) is 35.5. The Morgan fingerprint density at radius 1 is 0.863 bits per heavy atom. The van der Waals surface area contributed by atoms with Crippen LogP contribution in [0, 0.1) is 28.7 Å². The fourth-order valence-corrected chi connectivity index (χ4v) is 16.6. The zero-order chi connectivity index (χ0) is 36.9. The van der Waals surface area contributed by atoms with Gasteiger partial charge in [-0.2, -0.15) is 0 Å². The van der Waals surface area contributed by atoms with Crippen LogP contribution in [-0.4, -0.2) is 29.2 Å². The fraction of sp³-hybridized carbons (Fsp3) is 0.644. The SMILES string of the molecule is [C-]#[N+]/C(C#N)=C1C=C(/C=C/c2cc3c4c(c2)C(C)(C[Si](C)(C)C)CCN4CCC3(C)C[Si](C)(C)C)OC(C23CCC(CCCCC)(CC2)CC3)=C\1. The number of anilines is 1. The van der Waals surface area contributed by atoms with E-state index in [2.05, 4.69) is 100 Å². The van der Waals surface area contributed by atoms with E-state index in [0.29, 0.717) is 11.0 Å². The van der Waals surface area contributed by atoms with Crippen LogP contribution in [0.15, 0.2) is 53.1 Å². The number of benzene rings is 1. The molecule has 51 heavy (non-hydrogen) atoms. The predicted molar refractivity (Wildman–Crippen MR) is 221 cm³/mol. The minimum atomic E-state index is -1.35. The van der Waals surface area contributed by atoms with Gasteiger partial charge in [0.2, 0.25) is 0 Å². The number of ether oxygens (including phenoxy) is 1. The molecule has 3 heterocycles. The van der Waals surface area contributed by atoms with Crippen LogP contribution in [0.25, 0.3) is 10.9 Å². The van der Waals surface area contributed by atoms with Crippen molar-refractivity contribution < 1.29 is 4.74 Å². The van der Waals surface area contributed by atoms with Crippen LogP contribution in [0.5, 0.6) is 0 Å². The average Bonchev–Trinajstić information content (AvgIpc) is 3.06. The summed E-state index contributed by atoms with van der Waals surface area (Å²) in [6.07, 6.45) is 23.4. The van der Waals surface area contributed by atoms with Crippen molar-refractivity contribution in [1.82, 2.24) is 0 Å². The molecule has 2 atom stereocenters. The third-order valence-electron chi connectivity index (χ3n) is 13.4. The molecule has 1 aromatic carbocycles. The van der Waals surface area contributed by atoms with Crippen molar-refractivity contribution >= 4 is 27.9 Å². The second-order valence-electron chi connectivity index (χ2n) is 20.3. The topological polar surface area (TPSA) is 40.6 Å². The number of allylic oxidation sites excluding steroid dienone is 6. The molecule has 4 nitrogen and oxygen atoms in total. The molecular formula is C45H65N3OSi2. The monoisotopic (exact) mass is 719 g/mol. The van der Waals surface area contributed by atoms with Gasteiger partial charge < -0.3 is 9.64 Å². The molecule has 0 spiro atoms. The van der Waals surface area contributed by atoms with Crippen molar-refractivity contribution in [2.75, 3.05) is 18.0 Å². The van der Waals surface area contributed by atoms with E-state index in [-0.39, 0.29) is 21.9 Å². The number of hydrogen-bond donors (Lipinski definition) is 0. The molecule has 6 aliphatic rings. The smallest absolute Gasteiger partial charge is 0.269 e. The maximum Gasteiger partial charge on any atom is 0.269 e. The summed E-state index contributed by atoms with van der Waals surface area (Å²) in [5.74, 6) is 1.74. The minimum Gasteiger partial charge on any atom is -0.461 e. The maximum absolute atomic E-state index is 9.95. The minimum absolute atomic E-state index is 0.00443. The van der Waals surface area contributed by atoms with Crippen LogP contribution >= 0.6 is 0 Å². The normalized spacial score (nSPS) is 31.3. The molecule has 7 rings (SSSR count). The van der Waals surface area contributed by atoms with Gasteiger partial charge in [-0.3, -0.25) is 0 Å². The first-order chi connectivity index (χ1) is 23.9. The highest BCUT2D eigenvalue weighted by atomic mass is 28.3. The molecule has 0 N–H and O–H groups in total. The van der Waals surface area contributed by atoms with Crippen molar-refractivity contribution in [1.29, 1.82) is 5.26 Å². The fourth-order valence-electron chi connectivity index (χ4n) is 11.2. The van der Waals surface area contributed by atoms with Gasteiger partial charge in [-0.1, -0.05) is 85.4 Å². The molecule has 2 unspecified atom stereocenters. The average molecular weight is 720 g/mol. The van der Waals surface area contributed by atoms with E-state index in [1.807, 2.05) is 12.2 Å². The number of rotatable bonds is 11. The van der Waals surface area contributed by atoms with Crippen LogP contribution in [0.3, 0.4) is 0 Å². The molecular weight excluding hydrogens is 655 g/mol. The lowest BCUT2D eigenvalue weighted by molar-refractivity contribution is -0.0195. The van der Waals surface area contributed by atoms with Gasteiger partial charge in [-0.05, 0) is 139 Å². The van der Waals surface area contributed by atoms with Gasteiger partial charge in [0.1, 0.15) is 11.5 Å². The van der Waals surface area contributed by atoms with E-state index in [4.69, 9.17) is 11.3 Å². The molecule has 1 aromatic rings. The molecule has 274 valence electrons. The first kappa shape index (κ1) is 37.9. The largest absolute Gasteiger partial charge is 0.461 e. The van der Waals surface area contributed by atoms with E-state index in [0.717, 1.165) is 43.9 Å². The van der Waals surface area contributed by atoms with Gasteiger partial charge in [0.05, 0.1) is 12.6 Å². The molecule has 0 saturated heterocycles. The second-order valence-corrected chi connectivity index (χ2v) is 31.3. The number of nitriles is 1. The highest BCUT2D eigenvalue weighted by molar-refractivity contribution is 6.76. The lowest BCUT2D eigenvalue weighted by Crippen LogP contribution is -2.49. The summed E-state index contributed by atoms with van der Waals surface area (Å²) in [5.41, 5.74) is 7.61. The Morgan fingerprint density at radius 2 is 1.43 bits per heavy atom. The van der Waals surface area contributed by atoms with Gasteiger partial charge in [-0.25, -0.2) is 10.1 Å². The molecule has 3 fully saturated rings. The van der Waals surface area contributed by atoms with Crippen LogP contribution in [0.4, 0.5) is 5.69 Å². The van der Waals surface area contributed by atoms with Gasteiger partial charge >= 0.3 is 0 Å². The molecule has 2 bridgehead atoms. The van der Waals surface area contributed by atoms with Gasteiger partial charge in [-0.15, -0.1) is 0 Å². The number of hydrogen-bond acceptors (Lipinski definition) is 3. The van der Waals surface area contributed by atoms with E-state index in [9.17, 15) is 5.26 Å². The van der Waals surface area contributed by atoms with Gasteiger partial charge in [0.15, 0.2) is 0 Å². The Hall–Kier alpha value is -2.81. The lowest BCUT2D eigenvalue weighted by Gasteiger charge is -2.54. The number of nitrogens with zero attached hydrogens (tertiary/aromatic N) is 3. The highest BCUT2D eigenvalue weighted by Gasteiger charge is 2.51. The summed E-state index contributed by atoms with van der Waals surface area (Å²) >= 11 is 0. The Balaban J connectivity index is 1.37. The third kappa shape index (κ3) is 7.80. The maximum atomic E-state index is 9.95. The standard InChI is InChI=1S/C45H65N3OSi2/c1-11-12-13-16-44-17-20-45(21-18-44,22-19-44)40-30-35(39(31-46)47-4)29-36(49-40)15-14-34-27-37-41-38(28-34)43(3,33-51(8,9)10)24-26-48(41)25-23-42(37,2)32-50(5,6)7/h14-15,27-30H,11-13,16-26,32-33H2,1-3,5-10H3/b15-14+,39-35+. The number of unbranched alkanes of at least 4 members (excludes halogenated alkanes) is 2. The van der Waals surface area contributed by atoms with Crippen molar-refractivity contribution in [2.45, 2.75) is 160 Å². The summed E-state index contributed by atoms with van der Waals surface area (Å²) < 4.78 is 6.87. The zero-order valence-electron chi connectivity index (χ0n) is 33.5. The number of fused-ring (bicyclic) bond motifs is 3. The quantitative estimate of drug-likeness (QED) is 0.0989. The summed E-state index contributed by atoms with van der Waals surface area (Å²) in [7, 11) is -2.69. The molecule has 0 aromatic heterocycles. The van der Waals surface area contributed by atoms with Crippen molar-refractivity contribution in [3.05, 3.63) is 81.3 Å². The van der Waals surface area contributed by atoms with Crippen LogP contribution < -0.4 is 4.90 Å². The summed E-state index contributed by atoms with van der Waals surface area (Å²) in [6.45, 7) is 32.7. The van der Waals surface area contributed by atoms with Crippen LogP contribution in [0.2, 0.25) is 51.4 Å². The molecule has 0 radical (unpaired) electrons. The third-order valence-corrected chi connectivity index (χ3v) is 17.1. The van der Waals surface area contributed by atoms with Crippen LogP contribution in [-0.2, 0) is 15.6 Å². The highest BCUT2D eigenvalue weighted by Crippen LogP contribution is 2.62. The molecule has 3 saturated carbocycles. The van der Waals surface area contributed by atoms with Gasteiger partial charge in [0, 0.05) is 40.3 Å². The lowest BCUT2D eigenvalue weighted by atomic mass is 9.52. The van der Waals surface area contributed by atoms with E-state index in [1.54, 1.807) is 16.8 Å². The molecule has 6 heteroatoms. The molecule has 0 amide bonds. The predicted octanol–water partition coefficient (Wildman–Crippen LogP) is 12.9. The Bertz CT molecular complexity index is 1640. The van der Waals surface area contributed by atoms with E-state index < -0.39 is 16.1 Å². The van der Waals surface area contributed by atoms with E-state index >= 15 is 0 Å². The van der Waals surface area contributed by atoms with Crippen molar-refractivity contribution in [3.63, 3.8) is 0 Å². The first-order valence-corrected chi connectivity index (χ1v) is 27.6. The first-order valence-electron chi connectivity index (χ1n) is 20.2. The second kappa shape index (κ2) is 13.9. The Labute approximate surface area is 313 Å². The Kier molecular flexibility index (Phi) is 10.3. The molecule has 3 aliphatic heterocycles.